The molecule has 0 heterocycles. The van der Waals surface area contributed by atoms with Crippen LogP contribution in [0.25, 0.3) is 10.8 Å². The van der Waals surface area contributed by atoms with Crippen molar-refractivity contribution in [3.8, 4) is 0 Å². The minimum atomic E-state index is -3.44. The van der Waals surface area contributed by atoms with Gasteiger partial charge >= 0.3 is 0 Å². The highest BCUT2D eigenvalue weighted by molar-refractivity contribution is 7.89. The zero-order chi connectivity index (χ0) is 14.0. The molecule has 0 saturated heterocycles. The zero-order valence-corrected chi connectivity index (χ0v) is 12.3. The molecule has 1 atom stereocenters. The molecule has 4 heteroatoms. The standard InChI is InChI=1S/C15H19NO2S/c1-4-12(2)16(3)19(17,18)15-11-7-9-13-8-5-6-10-14(13)15/h5-12H,4H2,1-3H3. The molecule has 0 aliphatic heterocycles. The van der Waals surface area contributed by atoms with Gasteiger partial charge in [-0.15, -0.1) is 0 Å². The second kappa shape index (κ2) is 5.31. The van der Waals surface area contributed by atoms with Gasteiger partial charge in [0.2, 0.25) is 10.0 Å². The van der Waals surface area contributed by atoms with E-state index < -0.39 is 10.0 Å². The van der Waals surface area contributed by atoms with E-state index in [-0.39, 0.29) is 6.04 Å². The summed E-state index contributed by atoms with van der Waals surface area (Å²) in [7, 11) is -1.80. The summed E-state index contributed by atoms with van der Waals surface area (Å²) in [5.41, 5.74) is 0. The van der Waals surface area contributed by atoms with Gasteiger partial charge in [0.1, 0.15) is 0 Å². The van der Waals surface area contributed by atoms with Crippen LogP contribution in [0.2, 0.25) is 0 Å². The maximum atomic E-state index is 12.7. The van der Waals surface area contributed by atoms with Crippen LogP contribution in [-0.4, -0.2) is 25.8 Å². The average Bonchev–Trinajstić information content (AvgIpc) is 2.44. The first-order valence-corrected chi connectivity index (χ1v) is 7.88. The van der Waals surface area contributed by atoms with Crippen molar-refractivity contribution in [2.24, 2.45) is 0 Å². The van der Waals surface area contributed by atoms with E-state index in [0.29, 0.717) is 4.90 Å². The van der Waals surface area contributed by atoms with E-state index >= 15 is 0 Å². The predicted molar refractivity (Wildman–Crippen MR) is 78.6 cm³/mol. The van der Waals surface area contributed by atoms with Crippen molar-refractivity contribution in [3.05, 3.63) is 42.5 Å². The van der Waals surface area contributed by atoms with Gasteiger partial charge in [-0.3, -0.25) is 0 Å². The topological polar surface area (TPSA) is 37.4 Å². The fourth-order valence-electron chi connectivity index (χ4n) is 2.07. The highest BCUT2D eigenvalue weighted by Gasteiger charge is 2.25. The van der Waals surface area contributed by atoms with Crippen molar-refractivity contribution in [1.82, 2.24) is 4.31 Å². The van der Waals surface area contributed by atoms with E-state index in [9.17, 15) is 8.42 Å². The molecule has 2 aromatic rings. The van der Waals surface area contributed by atoms with Crippen LogP contribution in [0.5, 0.6) is 0 Å². The third-order valence-corrected chi connectivity index (χ3v) is 5.65. The zero-order valence-electron chi connectivity index (χ0n) is 11.5. The highest BCUT2D eigenvalue weighted by atomic mass is 32.2. The van der Waals surface area contributed by atoms with E-state index in [1.54, 1.807) is 19.2 Å². The molecule has 2 aromatic carbocycles. The van der Waals surface area contributed by atoms with Crippen molar-refractivity contribution >= 4 is 20.8 Å². The summed E-state index contributed by atoms with van der Waals surface area (Å²) in [6.45, 7) is 3.91. The summed E-state index contributed by atoms with van der Waals surface area (Å²) in [5.74, 6) is 0. The van der Waals surface area contributed by atoms with Crippen molar-refractivity contribution in [2.75, 3.05) is 7.05 Å². The molecule has 102 valence electrons. The lowest BCUT2D eigenvalue weighted by Crippen LogP contribution is -2.34. The van der Waals surface area contributed by atoms with Crippen LogP contribution in [-0.2, 0) is 10.0 Å². The smallest absolute Gasteiger partial charge is 0.207 e. The number of rotatable bonds is 4. The first kappa shape index (κ1) is 14.0. The molecule has 2 rings (SSSR count). The number of nitrogens with zero attached hydrogens (tertiary/aromatic N) is 1. The quantitative estimate of drug-likeness (QED) is 0.860. The maximum Gasteiger partial charge on any atom is 0.243 e. The Kier molecular flexibility index (Phi) is 3.92. The summed E-state index contributed by atoms with van der Waals surface area (Å²) in [6, 6.07) is 12.9. The molecule has 0 spiro atoms. The van der Waals surface area contributed by atoms with Gasteiger partial charge in [0.05, 0.1) is 4.90 Å². The molecule has 19 heavy (non-hydrogen) atoms. The summed E-state index contributed by atoms with van der Waals surface area (Å²) in [5, 5.41) is 1.72. The van der Waals surface area contributed by atoms with Crippen LogP contribution in [0.4, 0.5) is 0 Å². The summed E-state index contributed by atoms with van der Waals surface area (Å²) in [6.07, 6.45) is 0.792. The van der Waals surface area contributed by atoms with Gasteiger partial charge < -0.3 is 0 Å². The number of hydrogen-bond acceptors (Lipinski definition) is 2. The Morgan fingerprint density at radius 3 is 2.42 bits per heavy atom. The van der Waals surface area contributed by atoms with E-state index in [1.165, 1.54) is 4.31 Å². The summed E-state index contributed by atoms with van der Waals surface area (Å²) < 4.78 is 26.8. The molecule has 0 saturated carbocycles. The van der Waals surface area contributed by atoms with Crippen molar-refractivity contribution < 1.29 is 8.42 Å². The lowest BCUT2D eigenvalue weighted by molar-refractivity contribution is 0.381. The third kappa shape index (κ3) is 2.51. The average molecular weight is 277 g/mol. The molecule has 0 N–H and O–H groups in total. The van der Waals surface area contributed by atoms with Gasteiger partial charge in [-0.1, -0.05) is 43.3 Å². The number of benzene rings is 2. The molecule has 0 aliphatic rings. The molecule has 0 fully saturated rings. The predicted octanol–water partition coefficient (Wildman–Crippen LogP) is 3.26. The van der Waals surface area contributed by atoms with Gasteiger partial charge in [0.25, 0.3) is 0 Å². The van der Waals surface area contributed by atoms with Crippen molar-refractivity contribution in [1.29, 1.82) is 0 Å². The van der Waals surface area contributed by atoms with Gasteiger partial charge in [-0.05, 0) is 24.8 Å². The van der Waals surface area contributed by atoms with E-state index in [2.05, 4.69) is 0 Å². The van der Waals surface area contributed by atoms with Gasteiger partial charge in [0.15, 0.2) is 0 Å². The van der Waals surface area contributed by atoms with Gasteiger partial charge in [-0.25, -0.2) is 8.42 Å². The molecule has 0 aromatic heterocycles. The molecule has 0 bridgehead atoms. The van der Waals surface area contributed by atoms with E-state index in [0.717, 1.165) is 17.2 Å². The molecule has 1 unspecified atom stereocenters. The summed E-state index contributed by atoms with van der Waals surface area (Å²) >= 11 is 0. The largest absolute Gasteiger partial charge is 0.243 e. The van der Waals surface area contributed by atoms with Crippen LogP contribution >= 0.6 is 0 Å². The van der Waals surface area contributed by atoms with E-state index in [4.69, 9.17) is 0 Å². The Labute approximate surface area is 114 Å². The van der Waals surface area contributed by atoms with Gasteiger partial charge in [-0.2, -0.15) is 4.31 Å². The Bertz CT molecular complexity index is 674. The molecular weight excluding hydrogens is 258 g/mol. The Balaban J connectivity index is 2.61. The van der Waals surface area contributed by atoms with Crippen molar-refractivity contribution in [2.45, 2.75) is 31.2 Å². The Morgan fingerprint density at radius 2 is 1.74 bits per heavy atom. The van der Waals surface area contributed by atoms with E-state index in [1.807, 2.05) is 44.2 Å². The van der Waals surface area contributed by atoms with Crippen LogP contribution in [0, 0.1) is 0 Å². The number of fused-ring (bicyclic) bond motifs is 1. The Hall–Kier alpha value is -1.39. The molecule has 0 aliphatic carbocycles. The molecule has 0 amide bonds. The first-order valence-electron chi connectivity index (χ1n) is 6.44. The second-order valence-electron chi connectivity index (χ2n) is 4.76. The van der Waals surface area contributed by atoms with Crippen LogP contribution in [0.15, 0.2) is 47.4 Å². The lowest BCUT2D eigenvalue weighted by atomic mass is 10.1. The summed E-state index contributed by atoms with van der Waals surface area (Å²) in [4.78, 5) is 0.383. The minimum absolute atomic E-state index is 0.0102. The highest BCUT2D eigenvalue weighted by Crippen LogP contribution is 2.26. The van der Waals surface area contributed by atoms with Gasteiger partial charge in [0, 0.05) is 18.5 Å². The van der Waals surface area contributed by atoms with Crippen LogP contribution < -0.4 is 0 Å². The van der Waals surface area contributed by atoms with Crippen LogP contribution in [0.1, 0.15) is 20.3 Å². The SMILES string of the molecule is CCC(C)N(C)S(=O)(=O)c1cccc2ccccc12. The molecule has 0 radical (unpaired) electrons. The molecular formula is C15H19NO2S. The van der Waals surface area contributed by atoms with Crippen molar-refractivity contribution in [3.63, 3.8) is 0 Å². The van der Waals surface area contributed by atoms with Crippen LogP contribution in [0.3, 0.4) is 0 Å². The Morgan fingerprint density at radius 1 is 1.11 bits per heavy atom. The lowest BCUT2D eigenvalue weighted by Gasteiger charge is -2.23. The third-order valence-electron chi connectivity index (χ3n) is 3.62. The minimum Gasteiger partial charge on any atom is -0.207 e. The number of hydrogen-bond donors (Lipinski definition) is 0. The first-order chi connectivity index (χ1) is 8.98. The maximum absolute atomic E-state index is 12.7. The normalized spacial score (nSPS) is 13.9. The fraction of sp³-hybridized carbons (Fsp3) is 0.333. The molecule has 3 nitrogen and oxygen atoms in total. The number of sulfonamides is 1. The monoisotopic (exact) mass is 277 g/mol. The fourth-order valence-corrected chi connectivity index (χ4v) is 3.72. The second-order valence-corrected chi connectivity index (χ2v) is 6.72.